The first-order valence-corrected chi connectivity index (χ1v) is 7.38. The molecule has 0 fully saturated rings. The van der Waals surface area contributed by atoms with E-state index in [0.29, 0.717) is 22.6 Å². The maximum Gasteiger partial charge on any atom is 0.341 e. The van der Waals surface area contributed by atoms with Gasteiger partial charge < -0.3 is 14.8 Å². The highest BCUT2D eigenvalue weighted by molar-refractivity contribution is 6.05. The number of carbonyl (C=O) groups excluding carboxylic acids is 1. The zero-order valence-corrected chi connectivity index (χ0v) is 14.9. The van der Waals surface area contributed by atoms with E-state index in [9.17, 15) is 4.79 Å². The smallest absolute Gasteiger partial charge is 0.341 e. The number of aryl methyl sites for hydroxylation is 1. The molecule has 3 aromatic rings. The number of fused-ring (bicyclic) bond motifs is 1. The van der Waals surface area contributed by atoms with E-state index in [1.807, 2.05) is 43.3 Å². The zero-order valence-electron chi connectivity index (χ0n) is 14.1. The van der Waals surface area contributed by atoms with Crippen molar-refractivity contribution in [2.75, 3.05) is 19.5 Å². The highest BCUT2D eigenvalue weighted by Gasteiger charge is 2.17. The SMILES string of the molecule is COC(=O)c1cnc2nc(C)ccc2c1Nc1cccc(OC)c1.Cl. The molecule has 0 aliphatic rings. The summed E-state index contributed by atoms with van der Waals surface area (Å²) in [6.07, 6.45) is 1.48. The Morgan fingerprint density at radius 2 is 1.96 bits per heavy atom. The third-order valence-corrected chi connectivity index (χ3v) is 3.61. The van der Waals surface area contributed by atoms with Gasteiger partial charge in [-0.25, -0.2) is 14.8 Å². The molecule has 0 saturated heterocycles. The van der Waals surface area contributed by atoms with Gasteiger partial charge in [-0.15, -0.1) is 12.4 Å². The van der Waals surface area contributed by atoms with E-state index in [4.69, 9.17) is 9.47 Å². The number of pyridine rings is 2. The third-order valence-electron chi connectivity index (χ3n) is 3.61. The number of methoxy groups -OCH3 is 2. The van der Waals surface area contributed by atoms with Crippen molar-refractivity contribution in [3.8, 4) is 5.75 Å². The first kappa shape index (κ1) is 18.5. The van der Waals surface area contributed by atoms with Crippen LogP contribution < -0.4 is 10.1 Å². The molecule has 7 heteroatoms. The second-order valence-electron chi connectivity index (χ2n) is 5.22. The molecule has 0 bridgehead atoms. The molecule has 0 aliphatic heterocycles. The molecule has 0 amide bonds. The molecule has 1 aromatic carbocycles. The van der Waals surface area contributed by atoms with Crippen LogP contribution in [0.4, 0.5) is 11.4 Å². The Labute approximate surface area is 151 Å². The van der Waals surface area contributed by atoms with E-state index in [2.05, 4.69) is 15.3 Å². The minimum Gasteiger partial charge on any atom is -0.497 e. The standard InChI is InChI=1S/C18H17N3O3.ClH/c1-11-7-8-14-16(21-12-5-4-6-13(9-12)23-2)15(18(22)24-3)10-19-17(14)20-11;/h4-10H,1-3H3,(H,19,20,21);1H. The van der Waals surface area contributed by atoms with Crippen molar-refractivity contribution >= 4 is 40.8 Å². The molecule has 6 nitrogen and oxygen atoms in total. The monoisotopic (exact) mass is 359 g/mol. The van der Waals surface area contributed by atoms with Gasteiger partial charge in [-0.2, -0.15) is 0 Å². The van der Waals surface area contributed by atoms with Crippen LogP contribution in [0.1, 0.15) is 16.1 Å². The maximum absolute atomic E-state index is 12.1. The van der Waals surface area contributed by atoms with Gasteiger partial charge in [0.2, 0.25) is 0 Å². The summed E-state index contributed by atoms with van der Waals surface area (Å²) < 4.78 is 10.1. The molecule has 2 heterocycles. The molecule has 0 radical (unpaired) electrons. The first-order valence-electron chi connectivity index (χ1n) is 7.38. The van der Waals surface area contributed by atoms with Gasteiger partial charge in [0, 0.05) is 29.0 Å². The van der Waals surface area contributed by atoms with Gasteiger partial charge in [0.15, 0.2) is 5.65 Å². The lowest BCUT2D eigenvalue weighted by atomic mass is 10.1. The molecule has 0 spiro atoms. The second-order valence-corrected chi connectivity index (χ2v) is 5.22. The highest BCUT2D eigenvalue weighted by Crippen LogP contribution is 2.30. The first-order chi connectivity index (χ1) is 11.6. The van der Waals surface area contributed by atoms with Gasteiger partial charge >= 0.3 is 5.97 Å². The van der Waals surface area contributed by atoms with E-state index in [1.165, 1.54) is 13.3 Å². The van der Waals surface area contributed by atoms with Gasteiger partial charge in [0.05, 0.1) is 19.9 Å². The summed E-state index contributed by atoms with van der Waals surface area (Å²) in [7, 11) is 2.95. The number of rotatable bonds is 4. The second kappa shape index (κ2) is 7.81. The van der Waals surface area contributed by atoms with Crippen LogP contribution >= 0.6 is 12.4 Å². The Morgan fingerprint density at radius 3 is 2.68 bits per heavy atom. The number of benzene rings is 1. The quantitative estimate of drug-likeness (QED) is 0.712. The summed E-state index contributed by atoms with van der Waals surface area (Å²) in [6.45, 7) is 1.89. The number of halogens is 1. The largest absolute Gasteiger partial charge is 0.497 e. The van der Waals surface area contributed by atoms with E-state index >= 15 is 0 Å². The lowest BCUT2D eigenvalue weighted by Crippen LogP contribution is -2.08. The van der Waals surface area contributed by atoms with Crippen LogP contribution in [0.2, 0.25) is 0 Å². The third kappa shape index (κ3) is 3.80. The highest BCUT2D eigenvalue weighted by atomic mass is 35.5. The number of esters is 1. The molecule has 0 atom stereocenters. The fourth-order valence-corrected chi connectivity index (χ4v) is 2.42. The van der Waals surface area contributed by atoms with Crippen molar-refractivity contribution in [1.29, 1.82) is 0 Å². The number of aromatic nitrogens is 2. The number of nitrogens with zero attached hydrogens (tertiary/aromatic N) is 2. The van der Waals surface area contributed by atoms with Crippen LogP contribution in [0.3, 0.4) is 0 Å². The number of hydrogen-bond acceptors (Lipinski definition) is 6. The van der Waals surface area contributed by atoms with Crippen molar-refractivity contribution in [2.24, 2.45) is 0 Å². The average molecular weight is 360 g/mol. The number of ether oxygens (including phenoxy) is 2. The van der Waals surface area contributed by atoms with Gasteiger partial charge in [-0.05, 0) is 31.2 Å². The van der Waals surface area contributed by atoms with E-state index in [0.717, 1.165) is 16.8 Å². The predicted molar refractivity (Wildman–Crippen MR) is 99.1 cm³/mol. The average Bonchev–Trinajstić information content (AvgIpc) is 2.61. The number of nitrogens with one attached hydrogen (secondary N) is 1. The molecule has 130 valence electrons. The minimum absolute atomic E-state index is 0. The molecule has 0 aliphatic carbocycles. The molecule has 0 saturated carbocycles. The van der Waals surface area contributed by atoms with Crippen LogP contribution in [0.25, 0.3) is 11.0 Å². The number of carbonyl (C=O) groups is 1. The lowest BCUT2D eigenvalue weighted by Gasteiger charge is -2.14. The lowest BCUT2D eigenvalue weighted by molar-refractivity contribution is 0.0601. The summed E-state index contributed by atoms with van der Waals surface area (Å²) in [5.74, 6) is 0.252. The van der Waals surface area contributed by atoms with E-state index in [1.54, 1.807) is 7.11 Å². The predicted octanol–water partition coefficient (Wildman–Crippen LogP) is 3.90. The minimum atomic E-state index is -0.463. The molecule has 3 rings (SSSR count). The molecule has 1 N–H and O–H groups in total. The van der Waals surface area contributed by atoms with Gasteiger partial charge in [0.1, 0.15) is 11.3 Å². The summed E-state index contributed by atoms with van der Waals surface area (Å²) in [5.41, 5.74) is 3.15. The maximum atomic E-state index is 12.1. The van der Waals surface area contributed by atoms with E-state index in [-0.39, 0.29) is 12.4 Å². The zero-order chi connectivity index (χ0) is 17.1. The summed E-state index contributed by atoms with van der Waals surface area (Å²) in [6, 6.07) is 11.2. The Hall–Kier alpha value is -2.86. The Kier molecular flexibility index (Phi) is 5.77. The normalized spacial score (nSPS) is 10.0. The van der Waals surface area contributed by atoms with Gasteiger partial charge in [0.25, 0.3) is 0 Å². The molecule has 2 aromatic heterocycles. The van der Waals surface area contributed by atoms with Crippen molar-refractivity contribution in [2.45, 2.75) is 6.92 Å². The summed E-state index contributed by atoms with van der Waals surface area (Å²) >= 11 is 0. The Balaban J connectivity index is 0.00000225. The topological polar surface area (TPSA) is 73.3 Å². The molecule has 25 heavy (non-hydrogen) atoms. The summed E-state index contributed by atoms with van der Waals surface area (Å²) in [5, 5.41) is 4.01. The molecule has 0 unspecified atom stereocenters. The van der Waals surface area contributed by atoms with Crippen LogP contribution in [-0.2, 0) is 4.74 Å². The molecular formula is C18H18ClN3O3. The Morgan fingerprint density at radius 1 is 1.16 bits per heavy atom. The van der Waals surface area contributed by atoms with E-state index < -0.39 is 5.97 Å². The van der Waals surface area contributed by atoms with Crippen molar-refractivity contribution in [3.05, 3.63) is 53.9 Å². The summed E-state index contributed by atoms with van der Waals surface area (Å²) in [4.78, 5) is 20.8. The van der Waals surface area contributed by atoms with Crippen LogP contribution in [0.15, 0.2) is 42.6 Å². The van der Waals surface area contributed by atoms with Gasteiger partial charge in [-0.3, -0.25) is 0 Å². The van der Waals surface area contributed by atoms with Crippen molar-refractivity contribution in [3.63, 3.8) is 0 Å². The van der Waals surface area contributed by atoms with Crippen LogP contribution in [0.5, 0.6) is 5.75 Å². The fraction of sp³-hybridized carbons (Fsp3) is 0.167. The number of hydrogen-bond donors (Lipinski definition) is 1. The van der Waals surface area contributed by atoms with Crippen LogP contribution in [0, 0.1) is 6.92 Å². The van der Waals surface area contributed by atoms with Crippen LogP contribution in [-0.4, -0.2) is 30.2 Å². The van der Waals surface area contributed by atoms with Crippen molar-refractivity contribution in [1.82, 2.24) is 9.97 Å². The van der Waals surface area contributed by atoms with Crippen molar-refractivity contribution < 1.29 is 14.3 Å². The van der Waals surface area contributed by atoms with Gasteiger partial charge in [-0.1, -0.05) is 6.07 Å². The Bertz CT molecular complexity index is 915. The fourth-order valence-electron chi connectivity index (χ4n) is 2.42. The number of anilines is 2. The molecular weight excluding hydrogens is 342 g/mol.